The summed E-state index contributed by atoms with van der Waals surface area (Å²) >= 11 is 3.43. The second-order valence-electron chi connectivity index (χ2n) is 5.60. The largest absolute Gasteiger partial charge is 0.508 e. The Hall–Kier alpha value is -2.31. The maximum Gasteiger partial charge on any atom is 0.340 e. The number of methoxy groups -OCH3 is 1. The molecule has 0 atom stereocenters. The van der Waals surface area contributed by atoms with E-state index in [1.54, 1.807) is 25.3 Å². The van der Waals surface area contributed by atoms with Crippen molar-refractivity contribution in [1.82, 2.24) is 4.57 Å². The minimum Gasteiger partial charge on any atom is -0.508 e. The van der Waals surface area contributed by atoms with Gasteiger partial charge in [0.25, 0.3) is 0 Å². The van der Waals surface area contributed by atoms with Crippen LogP contribution in [0.5, 0.6) is 5.75 Å². The quantitative estimate of drug-likeness (QED) is 0.511. The van der Waals surface area contributed by atoms with Crippen molar-refractivity contribution in [2.45, 2.75) is 6.92 Å². The van der Waals surface area contributed by atoms with Crippen molar-refractivity contribution in [3.8, 4) is 11.4 Å². The number of benzene rings is 2. The normalized spacial score (nSPS) is 11.0. The Bertz CT molecular complexity index is 915. The number of ether oxygens (including phenoxy) is 2. The number of aromatic hydroxyl groups is 1. The molecule has 0 aliphatic heterocycles. The number of esters is 1. The van der Waals surface area contributed by atoms with Gasteiger partial charge in [0.2, 0.25) is 0 Å². The van der Waals surface area contributed by atoms with Gasteiger partial charge in [-0.25, -0.2) is 4.79 Å². The van der Waals surface area contributed by atoms with Crippen LogP contribution in [0.1, 0.15) is 16.1 Å². The molecule has 1 aromatic heterocycles. The van der Waals surface area contributed by atoms with Crippen LogP contribution in [0.3, 0.4) is 0 Å². The Morgan fingerprint density at radius 2 is 1.88 bits per heavy atom. The fourth-order valence-electron chi connectivity index (χ4n) is 2.88. The highest BCUT2D eigenvalue weighted by atomic mass is 79.9. The van der Waals surface area contributed by atoms with E-state index in [0.717, 1.165) is 21.4 Å². The van der Waals surface area contributed by atoms with Crippen molar-refractivity contribution in [3.05, 3.63) is 58.2 Å². The molecule has 0 bridgehead atoms. The van der Waals surface area contributed by atoms with E-state index in [1.807, 2.05) is 35.8 Å². The summed E-state index contributed by atoms with van der Waals surface area (Å²) in [7, 11) is 1.55. The number of carbonyl (C=O) groups is 1. The molecule has 2 aromatic carbocycles. The molecule has 0 unspecified atom stereocenters. The third-order valence-corrected chi connectivity index (χ3v) is 4.53. The van der Waals surface area contributed by atoms with E-state index in [0.29, 0.717) is 17.6 Å². The zero-order valence-corrected chi connectivity index (χ0v) is 15.5. The van der Waals surface area contributed by atoms with Crippen molar-refractivity contribution < 1.29 is 19.4 Å². The molecule has 6 heteroatoms. The molecular formula is C19H18BrNO4. The van der Waals surface area contributed by atoms with Crippen LogP contribution in [0.2, 0.25) is 0 Å². The maximum atomic E-state index is 12.6. The zero-order valence-electron chi connectivity index (χ0n) is 14.0. The molecular weight excluding hydrogens is 386 g/mol. The molecule has 0 saturated heterocycles. The smallest absolute Gasteiger partial charge is 0.340 e. The summed E-state index contributed by atoms with van der Waals surface area (Å²) in [5.41, 5.74) is 2.96. The number of hydrogen-bond acceptors (Lipinski definition) is 4. The van der Waals surface area contributed by atoms with Crippen molar-refractivity contribution in [2.75, 3.05) is 20.3 Å². The van der Waals surface area contributed by atoms with Crippen LogP contribution < -0.4 is 0 Å². The fourth-order valence-corrected chi connectivity index (χ4v) is 3.14. The van der Waals surface area contributed by atoms with E-state index in [2.05, 4.69) is 15.9 Å². The Labute approximate surface area is 153 Å². The molecule has 0 spiro atoms. The number of phenols is 1. The average Bonchev–Trinajstić information content (AvgIpc) is 2.87. The lowest BCUT2D eigenvalue weighted by atomic mass is 10.1. The van der Waals surface area contributed by atoms with E-state index in [1.165, 1.54) is 0 Å². The number of carbonyl (C=O) groups excluding carboxylic acids is 1. The second-order valence-corrected chi connectivity index (χ2v) is 6.52. The third kappa shape index (κ3) is 3.41. The lowest BCUT2D eigenvalue weighted by Gasteiger charge is -2.09. The van der Waals surface area contributed by atoms with Crippen LogP contribution in [0.15, 0.2) is 46.9 Å². The molecule has 1 N–H and O–H groups in total. The third-order valence-electron chi connectivity index (χ3n) is 4.00. The number of nitrogens with zero attached hydrogens (tertiary/aromatic N) is 1. The SMILES string of the molecule is COCCOC(=O)c1c(C)n(-c2ccc(Br)cc2)c2ccc(O)cc12. The van der Waals surface area contributed by atoms with Crippen LogP contribution in [0, 0.1) is 6.92 Å². The standard InChI is InChI=1S/C19H18BrNO4/c1-12-18(19(23)25-10-9-24-2)16-11-15(22)7-8-17(16)21(12)14-5-3-13(20)4-6-14/h3-8,11,22H,9-10H2,1-2H3. The molecule has 0 radical (unpaired) electrons. The van der Waals surface area contributed by atoms with E-state index in [9.17, 15) is 9.90 Å². The van der Waals surface area contributed by atoms with Gasteiger partial charge in [-0.3, -0.25) is 0 Å². The monoisotopic (exact) mass is 403 g/mol. The summed E-state index contributed by atoms with van der Waals surface area (Å²) in [4.78, 5) is 12.6. The van der Waals surface area contributed by atoms with Gasteiger partial charge in [0.05, 0.1) is 17.7 Å². The Morgan fingerprint density at radius 3 is 2.56 bits per heavy atom. The fraction of sp³-hybridized carbons (Fsp3) is 0.211. The number of halogens is 1. The molecule has 25 heavy (non-hydrogen) atoms. The number of phenolic OH excluding ortho intramolecular Hbond substituents is 1. The van der Waals surface area contributed by atoms with E-state index >= 15 is 0 Å². The first-order valence-corrected chi connectivity index (χ1v) is 8.58. The number of hydrogen-bond donors (Lipinski definition) is 1. The topological polar surface area (TPSA) is 60.7 Å². The molecule has 1 heterocycles. The van der Waals surface area contributed by atoms with Gasteiger partial charge in [-0.2, -0.15) is 0 Å². The van der Waals surface area contributed by atoms with Crippen molar-refractivity contribution in [3.63, 3.8) is 0 Å². The van der Waals surface area contributed by atoms with Gasteiger partial charge in [-0.15, -0.1) is 0 Å². The molecule has 5 nitrogen and oxygen atoms in total. The molecule has 3 aromatic rings. The van der Waals surface area contributed by atoms with E-state index in [4.69, 9.17) is 9.47 Å². The van der Waals surface area contributed by atoms with Gasteiger partial charge >= 0.3 is 5.97 Å². The molecule has 0 aliphatic rings. The van der Waals surface area contributed by atoms with Gasteiger partial charge < -0.3 is 19.1 Å². The predicted octanol–water partition coefficient (Wildman–Crippen LogP) is 4.21. The van der Waals surface area contributed by atoms with Gasteiger partial charge in [-0.05, 0) is 49.4 Å². The highest BCUT2D eigenvalue weighted by Crippen LogP contribution is 2.32. The lowest BCUT2D eigenvalue weighted by Crippen LogP contribution is -2.11. The summed E-state index contributed by atoms with van der Waals surface area (Å²) in [6.45, 7) is 2.38. The lowest BCUT2D eigenvalue weighted by molar-refractivity contribution is 0.0389. The van der Waals surface area contributed by atoms with Crippen LogP contribution in [0.25, 0.3) is 16.6 Å². The summed E-state index contributed by atoms with van der Waals surface area (Å²) < 4.78 is 13.2. The number of rotatable bonds is 5. The summed E-state index contributed by atoms with van der Waals surface area (Å²) in [6, 6.07) is 12.8. The van der Waals surface area contributed by atoms with E-state index < -0.39 is 5.97 Å². The highest BCUT2D eigenvalue weighted by molar-refractivity contribution is 9.10. The first kappa shape index (κ1) is 17.5. The zero-order chi connectivity index (χ0) is 18.0. The second kappa shape index (κ2) is 7.29. The molecule has 0 saturated carbocycles. The Kier molecular flexibility index (Phi) is 5.11. The molecule has 3 rings (SSSR count). The summed E-state index contributed by atoms with van der Waals surface area (Å²) in [5.74, 6) is -0.326. The van der Waals surface area contributed by atoms with Crippen LogP contribution in [-0.2, 0) is 9.47 Å². The van der Waals surface area contributed by atoms with Gasteiger partial charge in [0, 0.05) is 28.4 Å². The van der Waals surface area contributed by atoms with Crippen LogP contribution in [0.4, 0.5) is 0 Å². The summed E-state index contributed by atoms with van der Waals surface area (Å²) in [6.07, 6.45) is 0. The first-order chi connectivity index (χ1) is 12.0. The predicted molar refractivity (Wildman–Crippen MR) is 99.5 cm³/mol. The highest BCUT2D eigenvalue weighted by Gasteiger charge is 2.22. The van der Waals surface area contributed by atoms with Crippen LogP contribution >= 0.6 is 15.9 Å². The minimum absolute atomic E-state index is 0.103. The average molecular weight is 404 g/mol. The first-order valence-electron chi connectivity index (χ1n) is 7.79. The molecule has 0 aliphatic carbocycles. The van der Waals surface area contributed by atoms with Crippen molar-refractivity contribution >= 4 is 32.8 Å². The Morgan fingerprint density at radius 1 is 1.16 bits per heavy atom. The molecule has 0 amide bonds. The molecule has 0 fully saturated rings. The number of fused-ring (bicyclic) bond motifs is 1. The molecule has 130 valence electrons. The maximum absolute atomic E-state index is 12.6. The number of aromatic nitrogens is 1. The van der Waals surface area contributed by atoms with Crippen molar-refractivity contribution in [2.24, 2.45) is 0 Å². The van der Waals surface area contributed by atoms with Crippen LogP contribution in [-0.4, -0.2) is 36.0 Å². The Balaban J connectivity index is 2.16. The van der Waals surface area contributed by atoms with Gasteiger partial charge in [0.1, 0.15) is 12.4 Å². The van der Waals surface area contributed by atoms with Gasteiger partial charge in [-0.1, -0.05) is 15.9 Å². The van der Waals surface area contributed by atoms with Crippen molar-refractivity contribution in [1.29, 1.82) is 0 Å². The summed E-state index contributed by atoms with van der Waals surface area (Å²) in [5, 5.41) is 10.5. The van der Waals surface area contributed by atoms with E-state index in [-0.39, 0.29) is 12.4 Å². The van der Waals surface area contributed by atoms with Gasteiger partial charge in [0.15, 0.2) is 0 Å². The minimum atomic E-state index is -0.430.